The molecule has 94 valence electrons. The van der Waals surface area contributed by atoms with Crippen molar-refractivity contribution in [3.8, 4) is 5.75 Å². The Morgan fingerprint density at radius 3 is 2.65 bits per heavy atom. The number of para-hydroxylation sites is 1. The van der Waals surface area contributed by atoms with Gasteiger partial charge in [-0.3, -0.25) is 4.79 Å². The Balaban J connectivity index is 2.67. The molecule has 0 spiro atoms. The van der Waals surface area contributed by atoms with Crippen LogP contribution in [0.2, 0.25) is 0 Å². The first kappa shape index (κ1) is 13.8. The lowest BCUT2D eigenvalue weighted by molar-refractivity contribution is -0.121. The molecule has 1 rings (SSSR count). The van der Waals surface area contributed by atoms with Crippen molar-refractivity contribution in [2.24, 2.45) is 0 Å². The van der Waals surface area contributed by atoms with E-state index in [1.807, 2.05) is 25.1 Å². The number of hydrogen-bond acceptors (Lipinski definition) is 2. The highest BCUT2D eigenvalue weighted by Crippen LogP contribution is 2.28. The molecule has 0 saturated carbocycles. The maximum absolute atomic E-state index is 11.4. The van der Waals surface area contributed by atoms with Crippen LogP contribution in [0.15, 0.2) is 24.3 Å². The van der Waals surface area contributed by atoms with Crippen LogP contribution in [0.25, 0.3) is 0 Å². The summed E-state index contributed by atoms with van der Waals surface area (Å²) in [5.41, 5.74) is 1.19. The van der Waals surface area contributed by atoms with Crippen molar-refractivity contribution in [2.75, 3.05) is 6.61 Å². The van der Waals surface area contributed by atoms with E-state index < -0.39 is 0 Å². The number of ketones is 1. The van der Waals surface area contributed by atoms with Gasteiger partial charge < -0.3 is 4.74 Å². The van der Waals surface area contributed by atoms with E-state index in [9.17, 15) is 4.79 Å². The number of ether oxygens (including phenoxy) is 1. The third kappa shape index (κ3) is 4.22. The highest BCUT2D eigenvalue weighted by molar-refractivity contribution is 5.79. The molecular formula is C15H22O2. The first-order chi connectivity index (χ1) is 8.19. The summed E-state index contributed by atoms with van der Waals surface area (Å²) in [4.78, 5) is 11.4. The monoisotopic (exact) mass is 234 g/mol. The van der Waals surface area contributed by atoms with Gasteiger partial charge >= 0.3 is 0 Å². The number of carbonyl (C=O) groups is 1. The lowest BCUT2D eigenvalue weighted by Crippen LogP contribution is -2.11. The van der Waals surface area contributed by atoms with Crippen LogP contribution >= 0.6 is 0 Å². The summed E-state index contributed by atoms with van der Waals surface area (Å²) < 4.78 is 5.62. The maximum Gasteiger partial charge on any atom is 0.170 e. The zero-order chi connectivity index (χ0) is 12.7. The summed E-state index contributed by atoms with van der Waals surface area (Å²) in [6, 6.07) is 7.99. The number of Topliss-reactive ketones (excluding diaryl/α,β-unsaturated/α-hetero) is 1. The molecular weight excluding hydrogens is 212 g/mol. The Morgan fingerprint density at radius 2 is 2.00 bits per heavy atom. The minimum atomic E-state index is 0.173. The van der Waals surface area contributed by atoms with Gasteiger partial charge in [-0.1, -0.05) is 39.0 Å². The second kappa shape index (κ2) is 7.10. The topological polar surface area (TPSA) is 26.3 Å². The summed E-state index contributed by atoms with van der Waals surface area (Å²) in [5.74, 6) is 1.49. The predicted molar refractivity (Wildman–Crippen MR) is 70.6 cm³/mol. The fraction of sp³-hybridized carbons (Fsp3) is 0.533. The summed E-state index contributed by atoms with van der Waals surface area (Å²) >= 11 is 0. The van der Waals surface area contributed by atoms with Crippen molar-refractivity contribution >= 4 is 5.78 Å². The van der Waals surface area contributed by atoms with Crippen LogP contribution in [0.3, 0.4) is 0 Å². The summed E-state index contributed by atoms with van der Waals surface area (Å²) in [5, 5.41) is 0. The number of benzene rings is 1. The van der Waals surface area contributed by atoms with Crippen molar-refractivity contribution in [3.05, 3.63) is 29.8 Å². The summed E-state index contributed by atoms with van der Waals surface area (Å²) in [7, 11) is 0. The third-order valence-electron chi connectivity index (χ3n) is 2.98. The van der Waals surface area contributed by atoms with Gasteiger partial charge in [0.05, 0.1) is 0 Å². The normalized spacial score (nSPS) is 12.2. The van der Waals surface area contributed by atoms with Crippen LogP contribution in [0, 0.1) is 0 Å². The average molecular weight is 234 g/mol. The molecule has 0 N–H and O–H groups in total. The molecule has 0 saturated heterocycles. The molecule has 0 amide bonds. The van der Waals surface area contributed by atoms with Crippen molar-refractivity contribution in [1.29, 1.82) is 0 Å². The van der Waals surface area contributed by atoms with Gasteiger partial charge in [0.25, 0.3) is 0 Å². The van der Waals surface area contributed by atoms with E-state index >= 15 is 0 Å². The molecule has 1 aromatic rings. The molecule has 0 aliphatic carbocycles. The molecule has 0 aliphatic heterocycles. The van der Waals surface area contributed by atoms with E-state index in [-0.39, 0.29) is 12.4 Å². The Hall–Kier alpha value is -1.31. The number of hydrogen-bond donors (Lipinski definition) is 0. The van der Waals surface area contributed by atoms with Crippen LogP contribution < -0.4 is 4.74 Å². The fourth-order valence-electron chi connectivity index (χ4n) is 1.75. The van der Waals surface area contributed by atoms with Crippen molar-refractivity contribution in [3.63, 3.8) is 0 Å². The minimum Gasteiger partial charge on any atom is -0.486 e. The third-order valence-corrected chi connectivity index (χ3v) is 2.98. The van der Waals surface area contributed by atoms with Crippen LogP contribution in [-0.4, -0.2) is 12.4 Å². The summed E-state index contributed by atoms with van der Waals surface area (Å²) in [6.45, 7) is 6.53. The van der Waals surface area contributed by atoms with Gasteiger partial charge in [-0.25, -0.2) is 0 Å². The highest BCUT2D eigenvalue weighted by atomic mass is 16.5. The first-order valence-corrected chi connectivity index (χ1v) is 6.42. The second-order valence-corrected chi connectivity index (χ2v) is 4.42. The second-order valence-electron chi connectivity index (χ2n) is 4.42. The van der Waals surface area contributed by atoms with E-state index in [4.69, 9.17) is 4.74 Å². The Morgan fingerprint density at radius 1 is 1.29 bits per heavy atom. The van der Waals surface area contributed by atoms with Gasteiger partial charge in [-0.05, 0) is 30.4 Å². The van der Waals surface area contributed by atoms with Crippen molar-refractivity contribution in [2.45, 2.75) is 46.0 Å². The molecule has 0 radical (unpaired) electrons. The van der Waals surface area contributed by atoms with Crippen LogP contribution in [0.1, 0.15) is 51.5 Å². The SMILES string of the molecule is CCCC(=O)COc1ccccc1C(C)CC. The van der Waals surface area contributed by atoms with Gasteiger partial charge in [0, 0.05) is 6.42 Å². The van der Waals surface area contributed by atoms with Gasteiger partial charge in [0.15, 0.2) is 5.78 Å². The standard InChI is InChI=1S/C15H22O2/c1-4-8-13(16)11-17-15-10-7-6-9-14(15)12(3)5-2/h6-7,9-10,12H,4-5,8,11H2,1-3H3. The van der Waals surface area contributed by atoms with Gasteiger partial charge in [0.1, 0.15) is 12.4 Å². The van der Waals surface area contributed by atoms with E-state index in [1.165, 1.54) is 5.56 Å². The molecule has 0 aromatic heterocycles. The van der Waals surface area contributed by atoms with Crippen molar-refractivity contribution in [1.82, 2.24) is 0 Å². The largest absolute Gasteiger partial charge is 0.486 e. The highest BCUT2D eigenvalue weighted by Gasteiger charge is 2.10. The van der Waals surface area contributed by atoms with E-state index in [1.54, 1.807) is 0 Å². The molecule has 0 aliphatic rings. The fourth-order valence-corrected chi connectivity index (χ4v) is 1.75. The van der Waals surface area contributed by atoms with E-state index in [0.717, 1.165) is 18.6 Å². The molecule has 1 atom stereocenters. The number of rotatable bonds is 7. The lowest BCUT2D eigenvalue weighted by atomic mass is 9.98. The molecule has 1 unspecified atom stereocenters. The van der Waals surface area contributed by atoms with Crippen LogP contribution in [-0.2, 0) is 4.79 Å². The van der Waals surface area contributed by atoms with Gasteiger partial charge in [-0.2, -0.15) is 0 Å². The first-order valence-electron chi connectivity index (χ1n) is 6.42. The molecule has 2 nitrogen and oxygen atoms in total. The predicted octanol–water partition coefficient (Wildman–Crippen LogP) is 3.95. The minimum absolute atomic E-state index is 0.173. The maximum atomic E-state index is 11.4. The quantitative estimate of drug-likeness (QED) is 0.714. The molecule has 0 fully saturated rings. The van der Waals surface area contributed by atoms with Crippen LogP contribution in [0.5, 0.6) is 5.75 Å². The molecule has 0 bridgehead atoms. The Kier molecular flexibility index (Phi) is 5.75. The van der Waals surface area contributed by atoms with Crippen molar-refractivity contribution < 1.29 is 9.53 Å². The van der Waals surface area contributed by atoms with Crippen LogP contribution in [0.4, 0.5) is 0 Å². The Bertz CT molecular complexity index is 358. The molecule has 1 aromatic carbocycles. The lowest BCUT2D eigenvalue weighted by Gasteiger charge is -2.15. The van der Waals surface area contributed by atoms with E-state index in [0.29, 0.717) is 12.3 Å². The van der Waals surface area contributed by atoms with Gasteiger partial charge in [-0.15, -0.1) is 0 Å². The average Bonchev–Trinajstić information content (AvgIpc) is 2.36. The van der Waals surface area contributed by atoms with Gasteiger partial charge in [0.2, 0.25) is 0 Å². The molecule has 17 heavy (non-hydrogen) atoms. The zero-order valence-corrected chi connectivity index (χ0v) is 11.0. The Labute approximate surface area is 104 Å². The zero-order valence-electron chi connectivity index (χ0n) is 11.0. The van der Waals surface area contributed by atoms with E-state index in [2.05, 4.69) is 19.9 Å². The smallest absolute Gasteiger partial charge is 0.170 e. The number of carbonyl (C=O) groups excluding carboxylic acids is 1. The molecule has 2 heteroatoms. The summed E-state index contributed by atoms with van der Waals surface area (Å²) in [6.07, 6.45) is 2.56. The molecule has 0 heterocycles.